The molecule has 0 radical (unpaired) electrons. The van der Waals surface area contributed by atoms with Crippen LogP contribution in [-0.2, 0) is 21.7 Å². The highest BCUT2D eigenvalue weighted by atomic mass is 35.5. The fourth-order valence-electron chi connectivity index (χ4n) is 6.33. The summed E-state index contributed by atoms with van der Waals surface area (Å²) in [6.07, 6.45) is -0.121. The highest BCUT2D eigenvalue weighted by Gasteiger charge is 2.66. The number of carbonyl (C=O) groups excluding carboxylic acids is 2. The first-order valence-corrected chi connectivity index (χ1v) is 16.5. The molecule has 2 aliphatic rings. The summed E-state index contributed by atoms with van der Waals surface area (Å²) in [7, 11) is -2.77. The lowest BCUT2D eigenvalue weighted by atomic mass is 9.82. The summed E-state index contributed by atoms with van der Waals surface area (Å²) in [5.74, 6) is -0.754. The fourth-order valence-corrected chi connectivity index (χ4v) is 9.10. The van der Waals surface area contributed by atoms with E-state index in [4.69, 9.17) is 16.3 Å². The first-order valence-electron chi connectivity index (χ1n) is 13.1. The number of hydrogen-bond donors (Lipinski definition) is 3. The molecular formula is C30H33ClN2O5Si. The lowest BCUT2D eigenvalue weighted by Crippen LogP contribution is -2.46. The van der Waals surface area contributed by atoms with Gasteiger partial charge in [-0.25, -0.2) is 0 Å². The number of ether oxygens (including phenoxy) is 1. The zero-order valence-electron chi connectivity index (χ0n) is 22.2. The Morgan fingerprint density at radius 2 is 1.85 bits per heavy atom. The zero-order valence-corrected chi connectivity index (χ0v) is 24.0. The molecule has 2 heterocycles. The SMILES string of the molecule is C[C@H]1[C@H]([Si](C)(C)O)[C@@H](CCO)O[C@]12C(=O)N(Cc1cccc(NC(=O)c3ccccc3)c1)c1ccc(Cl)cc12. The van der Waals surface area contributed by atoms with E-state index in [9.17, 15) is 19.5 Å². The number of amides is 2. The Morgan fingerprint density at radius 3 is 2.54 bits per heavy atom. The van der Waals surface area contributed by atoms with Crippen LogP contribution in [-0.4, -0.2) is 42.7 Å². The van der Waals surface area contributed by atoms with Gasteiger partial charge in [0.25, 0.3) is 11.8 Å². The van der Waals surface area contributed by atoms with E-state index in [0.717, 1.165) is 5.56 Å². The van der Waals surface area contributed by atoms with Gasteiger partial charge in [-0.15, -0.1) is 0 Å². The van der Waals surface area contributed by atoms with Crippen LogP contribution in [0.4, 0.5) is 11.4 Å². The second-order valence-electron chi connectivity index (χ2n) is 10.9. The normalized spacial score (nSPS) is 24.3. The third-order valence-electron chi connectivity index (χ3n) is 7.92. The summed E-state index contributed by atoms with van der Waals surface area (Å²) in [4.78, 5) is 39.9. The van der Waals surface area contributed by atoms with Crippen LogP contribution in [0.25, 0.3) is 0 Å². The molecule has 4 atom stereocenters. The predicted molar refractivity (Wildman–Crippen MR) is 154 cm³/mol. The Hall–Kier alpha value is -3.01. The largest absolute Gasteiger partial charge is 0.432 e. The van der Waals surface area contributed by atoms with Crippen LogP contribution in [0.15, 0.2) is 72.8 Å². The molecule has 0 aromatic heterocycles. The maximum absolute atomic E-state index is 14.3. The Kier molecular flexibility index (Phi) is 7.43. The minimum Gasteiger partial charge on any atom is -0.432 e. The molecule has 39 heavy (non-hydrogen) atoms. The summed E-state index contributed by atoms with van der Waals surface area (Å²) in [6, 6.07) is 21.8. The van der Waals surface area contributed by atoms with E-state index in [0.29, 0.717) is 33.9 Å². The number of hydrogen-bond acceptors (Lipinski definition) is 5. The molecule has 0 saturated carbocycles. The molecule has 0 unspecified atom stereocenters. The van der Waals surface area contributed by atoms with Crippen LogP contribution >= 0.6 is 11.6 Å². The molecule has 0 bridgehead atoms. The van der Waals surface area contributed by atoms with Gasteiger partial charge < -0.3 is 24.9 Å². The molecule has 0 aliphatic carbocycles. The molecule has 2 amide bonds. The number of aliphatic hydroxyl groups excluding tert-OH is 1. The van der Waals surface area contributed by atoms with Gasteiger partial charge in [-0.3, -0.25) is 9.59 Å². The van der Waals surface area contributed by atoms with Crippen molar-refractivity contribution >= 4 is 43.1 Å². The first-order chi connectivity index (χ1) is 18.6. The maximum Gasteiger partial charge on any atom is 0.264 e. The molecule has 7 nitrogen and oxygen atoms in total. The van der Waals surface area contributed by atoms with Gasteiger partial charge in [-0.1, -0.05) is 48.9 Å². The molecule has 1 fully saturated rings. The number of fused-ring (bicyclic) bond motifs is 2. The van der Waals surface area contributed by atoms with Crippen molar-refractivity contribution in [1.82, 2.24) is 0 Å². The van der Waals surface area contributed by atoms with Crippen LogP contribution in [0, 0.1) is 5.92 Å². The van der Waals surface area contributed by atoms with Gasteiger partial charge in [0.15, 0.2) is 13.9 Å². The summed E-state index contributed by atoms with van der Waals surface area (Å²) in [5, 5.41) is 13.2. The molecule has 1 spiro atoms. The molecule has 9 heteroatoms. The summed E-state index contributed by atoms with van der Waals surface area (Å²) < 4.78 is 6.60. The highest BCUT2D eigenvalue weighted by molar-refractivity contribution is 6.71. The van der Waals surface area contributed by atoms with Crippen molar-refractivity contribution in [1.29, 1.82) is 0 Å². The molecule has 3 aromatic rings. The van der Waals surface area contributed by atoms with Gasteiger partial charge in [0.1, 0.15) is 0 Å². The third-order valence-corrected chi connectivity index (χ3v) is 10.7. The number of halogens is 1. The Morgan fingerprint density at radius 1 is 1.10 bits per heavy atom. The van der Waals surface area contributed by atoms with Gasteiger partial charge in [0.2, 0.25) is 0 Å². The topological polar surface area (TPSA) is 99.1 Å². The highest BCUT2D eigenvalue weighted by Crippen LogP contribution is 2.60. The van der Waals surface area contributed by atoms with E-state index in [2.05, 4.69) is 5.32 Å². The second-order valence-corrected chi connectivity index (χ2v) is 15.4. The zero-order chi connectivity index (χ0) is 27.9. The van der Waals surface area contributed by atoms with Gasteiger partial charge in [-0.05, 0) is 67.5 Å². The number of carbonyl (C=O) groups is 2. The van der Waals surface area contributed by atoms with Crippen LogP contribution in [0.3, 0.4) is 0 Å². The number of nitrogens with zero attached hydrogens (tertiary/aromatic N) is 1. The van der Waals surface area contributed by atoms with Crippen molar-refractivity contribution < 1.29 is 24.2 Å². The monoisotopic (exact) mass is 564 g/mol. The van der Waals surface area contributed by atoms with Crippen molar-refractivity contribution in [2.75, 3.05) is 16.8 Å². The second kappa shape index (κ2) is 10.5. The van der Waals surface area contributed by atoms with E-state index < -0.39 is 20.0 Å². The quantitative estimate of drug-likeness (QED) is 0.337. The molecule has 204 valence electrons. The number of nitrogens with one attached hydrogen (secondary N) is 1. The van der Waals surface area contributed by atoms with E-state index >= 15 is 0 Å². The lowest BCUT2D eigenvalue weighted by molar-refractivity contribution is -0.146. The number of aliphatic hydroxyl groups is 1. The minimum absolute atomic E-state index is 0.101. The van der Waals surface area contributed by atoms with Crippen LogP contribution < -0.4 is 10.2 Å². The van der Waals surface area contributed by atoms with Gasteiger partial charge in [0.05, 0.1) is 18.3 Å². The van der Waals surface area contributed by atoms with Gasteiger partial charge in [0, 0.05) is 39.9 Å². The lowest BCUT2D eigenvalue weighted by Gasteiger charge is -2.32. The Balaban J connectivity index is 1.48. The Bertz CT molecular complexity index is 1400. The number of rotatable bonds is 7. The summed E-state index contributed by atoms with van der Waals surface area (Å²) in [5.41, 5.74) is 1.84. The molecule has 3 N–H and O–H groups in total. The standard InChI is InChI=1S/C30H33ClN2O5Si/c1-19-27(39(2,3)37)26(14-15-34)38-30(19)24-17-22(31)12-13-25(24)33(29(30)36)18-20-8-7-11-23(16-20)32-28(35)21-9-5-4-6-10-21/h4-13,16-17,19,26-27,34,37H,14-15,18H2,1-3H3,(H,32,35)/t19-,26+,27-,30+/m0/s1. The smallest absolute Gasteiger partial charge is 0.264 e. The van der Waals surface area contributed by atoms with Crippen LogP contribution in [0.2, 0.25) is 23.7 Å². The van der Waals surface area contributed by atoms with Gasteiger partial charge in [-0.2, -0.15) is 0 Å². The average molecular weight is 565 g/mol. The van der Waals surface area contributed by atoms with Crippen molar-refractivity contribution in [3.8, 4) is 0 Å². The summed E-state index contributed by atoms with van der Waals surface area (Å²) in [6.45, 7) is 5.82. The van der Waals surface area contributed by atoms with Crippen molar-refractivity contribution in [2.45, 2.75) is 50.2 Å². The molecule has 2 aliphatic heterocycles. The molecule has 3 aromatic carbocycles. The number of benzene rings is 3. The average Bonchev–Trinajstić information content (AvgIpc) is 3.31. The minimum atomic E-state index is -2.77. The number of anilines is 2. The summed E-state index contributed by atoms with van der Waals surface area (Å²) >= 11 is 6.43. The van der Waals surface area contributed by atoms with Crippen molar-refractivity contribution in [3.63, 3.8) is 0 Å². The van der Waals surface area contributed by atoms with E-state index in [1.807, 2.05) is 68.5 Å². The van der Waals surface area contributed by atoms with Gasteiger partial charge >= 0.3 is 0 Å². The molecular weight excluding hydrogens is 532 g/mol. The van der Waals surface area contributed by atoms with Crippen LogP contribution in [0.1, 0.15) is 34.8 Å². The van der Waals surface area contributed by atoms with E-state index in [1.54, 1.807) is 29.2 Å². The maximum atomic E-state index is 14.3. The third kappa shape index (κ3) is 4.92. The van der Waals surface area contributed by atoms with Crippen molar-refractivity contribution in [3.05, 3.63) is 94.5 Å². The molecule has 5 rings (SSSR count). The molecule has 1 saturated heterocycles. The Labute approximate surface area is 234 Å². The van der Waals surface area contributed by atoms with E-state index in [1.165, 1.54) is 0 Å². The van der Waals surface area contributed by atoms with E-state index in [-0.39, 0.29) is 36.4 Å². The first kappa shape index (κ1) is 27.5. The van der Waals surface area contributed by atoms with Crippen molar-refractivity contribution in [2.24, 2.45) is 5.92 Å². The predicted octanol–water partition coefficient (Wildman–Crippen LogP) is 5.32. The van der Waals surface area contributed by atoms with Crippen LogP contribution in [0.5, 0.6) is 0 Å². The fraction of sp³-hybridized carbons (Fsp3) is 0.333.